The first-order valence-corrected chi connectivity index (χ1v) is 4.01. The van der Waals surface area contributed by atoms with Crippen molar-refractivity contribution in [1.29, 1.82) is 5.26 Å². The van der Waals surface area contributed by atoms with Gasteiger partial charge in [0.2, 0.25) is 0 Å². The Morgan fingerprint density at radius 3 is 2.43 bits per heavy atom. The Balaban J connectivity index is 3.12. The minimum atomic E-state index is -2.83. The Hall–Kier alpha value is -1.63. The van der Waals surface area contributed by atoms with Gasteiger partial charge in [0.1, 0.15) is 5.75 Å². The molecule has 0 saturated heterocycles. The van der Waals surface area contributed by atoms with Crippen molar-refractivity contribution in [1.82, 2.24) is 0 Å². The molecule has 0 radical (unpaired) electrons. The van der Waals surface area contributed by atoms with Crippen LogP contribution in [0.2, 0.25) is 0 Å². The Morgan fingerprint density at radius 2 is 1.93 bits per heavy atom. The Morgan fingerprint density at radius 1 is 1.29 bits per heavy atom. The van der Waals surface area contributed by atoms with Gasteiger partial charge in [-0.3, -0.25) is 0 Å². The molecule has 0 fully saturated rings. The predicted octanol–water partition coefficient (Wildman–Crippen LogP) is 2.78. The number of nitrogens with zero attached hydrogens (tertiary/aromatic N) is 1. The molecule has 0 bridgehead atoms. The number of alkyl halides is 2. The summed E-state index contributed by atoms with van der Waals surface area (Å²) in [5, 5.41) is 8.68. The van der Waals surface area contributed by atoms with Gasteiger partial charge < -0.3 is 4.74 Å². The van der Waals surface area contributed by atoms with Gasteiger partial charge in [-0.25, -0.2) is 0 Å². The van der Waals surface area contributed by atoms with Crippen molar-refractivity contribution in [2.24, 2.45) is 0 Å². The van der Waals surface area contributed by atoms with Crippen LogP contribution in [0, 0.1) is 25.2 Å². The van der Waals surface area contributed by atoms with E-state index >= 15 is 0 Å². The molecular weight excluding hydrogens is 188 g/mol. The minimum Gasteiger partial charge on any atom is -0.435 e. The fourth-order valence-corrected chi connectivity index (χ4v) is 1.14. The fraction of sp³-hybridized carbons (Fsp3) is 0.300. The Labute approximate surface area is 80.7 Å². The van der Waals surface area contributed by atoms with Gasteiger partial charge in [0.25, 0.3) is 0 Å². The third kappa shape index (κ3) is 1.99. The van der Waals surface area contributed by atoms with Gasteiger partial charge in [-0.05, 0) is 37.1 Å². The number of benzene rings is 1. The van der Waals surface area contributed by atoms with Crippen molar-refractivity contribution in [3.05, 3.63) is 28.8 Å². The second-order valence-corrected chi connectivity index (χ2v) is 2.85. The highest BCUT2D eigenvalue weighted by molar-refractivity contribution is 5.48. The standard InChI is InChI=1S/C10H9F2NO/c1-6-7(2)9(14-10(11)12)4-3-8(6)5-13/h3-4,10H,1-2H3. The summed E-state index contributed by atoms with van der Waals surface area (Å²) in [4.78, 5) is 0. The molecule has 1 aromatic rings. The Kier molecular flexibility index (Phi) is 3.03. The second kappa shape index (κ2) is 4.05. The highest BCUT2D eigenvalue weighted by Gasteiger charge is 2.10. The van der Waals surface area contributed by atoms with Crippen molar-refractivity contribution in [2.75, 3.05) is 0 Å². The first kappa shape index (κ1) is 10.5. The van der Waals surface area contributed by atoms with E-state index in [9.17, 15) is 8.78 Å². The van der Waals surface area contributed by atoms with Gasteiger partial charge in [0.15, 0.2) is 0 Å². The first-order valence-electron chi connectivity index (χ1n) is 4.01. The summed E-state index contributed by atoms with van der Waals surface area (Å²) in [6, 6.07) is 4.83. The van der Waals surface area contributed by atoms with Gasteiger partial charge >= 0.3 is 6.61 Å². The summed E-state index contributed by atoms with van der Waals surface area (Å²) in [5.41, 5.74) is 1.72. The molecule has 1 rings (SSSR count). The largest absolute Gasteiger partial charge is 0.435 e. The van der Waals surface area contributed by atoms with Crippen LogP contribution in [0.5, 0.6) is 5.75 Å². The molecule has 0 unspecified atom stereocenters. The lowest BCUT2D eigenvalue weighted by molar-refractivity contribution is -0.0503. The number of hydrogen-bond donors (Lipinski definition) is 0. The van der Waals surface area contributed by atoms with Crippen LogP contribution in [0.1, 0.15) is 16.7 Å². The van der Waals surface area contributed by atoms with E-state index in [1.165, 1.54) is 12.1 Å². The summed E-state index contributed by atoms with van der Waals surface area (Å²) >= 11 is 0. The van der Waals surface area contributed by atoms with Crippen molar-refractivity contribution < 1.29 is 13.5 Å². The molecule has 0 saturated carbocycles. The maximum Gasteiger partial charge on any atom is 0.387 e. The summed E-state index contributed by atoms with van der Waals surface area (Å²) in [6.45, 7) is 0.515. The zero-order valence-corrected chi connectivity index (χ0v) is 7.84. The van der Waals surface area contributed by atoms with E-state index in [1.807, 2.05) is 6.07 Å². The third-order valence-corrected chi connectivity index (χ3v) is 2.07. The third-order valence-electron chi connectivity index (χ3n) is 2.07. The molecule has 0 aromatic heterocycles. The first-order chi connectivity index (χ1) is 6.56. The molecule has 0 spiro atoms. The van der Waals surface area contributed by atoms with E-state index in [1.54, 1.807) is 13.8 Å². The summed E-state index contributed by atoms with van der Waals surface area (Å²) < 4.78 is 28.1. The maximum absolute atomic E-state index is 11.9. The number of ether oxygens (including phenoxy) is 1. The van der Waals surface area contributed by atoms with Crippen LogP contribution in [0.4, 0.5) is 8.78 Å². The van der Waals surface area contributed by atoms with Gasteiger partial charge in [-0.1, -0.05) is 0 Å². The number of halogens is 2. The monoisotopic (exact) mass is 197 g/mol. The molecule has 74 valence electrons. The summed E-state index contributed by atoms with van der Waals surface area (Å²) in [5.74, 6) is 0.122. The van der Waals surface area contributed by atoms with Crippen LogP contribution < -0.4 is 4.74 Å². The fourth-order valence-electron chi connectivity index (χ4n) is 1.14. The molecule has 0 N–H and O–H groups in total. The Bertz CT molecular complexity index is 382. The van der Waals surface area contributed by atoms with Crippen molar-refractivity contribution >= 4 is 0 Å². The van der Waals surface area contributed by atoms with Gasteiger partial charge in [0.05, 0.1) is 11.6 Å². The van der Waals surface area contributed by atoms with Gasteiger partial charge in [-0.2, -0.15) is 14.0 Å². The minimum absolute atomic E-state index is 0.122. The molecule has 0 heterocycles. The van der Waals surface area contributed by atoms with Crippen molar-refractivity contribution in [3.8, 4) is 11.8 Å². The molecule has 14 heavy (non-hydrogen) atoms. The lowest BCUT2D eigenvalue weighted by Crippen LogP contribution is -2.04. The van der Waals surface area contributed by atoms with E-state index in [2.05, 4.69) is 4.74 Å². The SMILES string of the molecule is Cc1c(C#N)ccc(OC(F)F)c1C. The maximum atomic E-state index is 11.9. The van der Waals surface area contributed by atoms with Crippen LogP contribution in [0.3, 0.4) is 0 Å². The lowest BCUT2D eigenvalue weighted by Gasteiger charge is -2.10. The molecule has 0 amide bonds. The second-order valence-electron chi connectivity index (χ2n) is 2.85. The quantitative estimate of drug-likeness (QED) is 0.730. The van der Waals surface area contributed by atoms with Crippen molar-refractivity contribution in [2.45, 2.75) is 20.5 Å². The van der Waals surface area contributed by atoms with Crippen LogP contribution in [0.15, 0.2) is 12.1 Å². The number of hydrogen-bond acceptors (Lipinski definition) is 2. The smallest absolute Gasteiger partial charge is 0.387 e. The van der Waals surface area contributed by atoms with E-state index in [4.69, 9.17) is 5.26 Å². The van der Waals surface area contributed by atoms with Crippen LogP contribution in [-0.4, -0.2) is 6.61 Å². The van der Waals surface area contributed by atoms with E-state index in [0.717, 1.165) is 0 Å². The van der Waals surface area contributed by atoms with Gasteiger partial charge in [0, 0.05) is 0 Å². The lowest BCUT2D eigenvalue weighted by atomic mass is 10.0. The molecule has 2 nitrogen and oxygen atoms in total. The zero-order chi connectivity index (χ0) is 10.7. The summed E-state index contributed by atoms with van der Waals surface area (Å²) in [7, 11) is 0. The van der Waals surface area contributed by atoms with E-state index in [-0.39, 0.29) is 5.75 Å². The van der Waals surface area contributed by atoms with Crippen molar-refractivity contribution in [3.63, 3.8) is 0 Å². The molecule has 0 atom stereocenters. The molecule has 4 heteroatoms. The normalized spacial score (nSPS) is 10.0. The average Bonchev–Trinajstić information content (AvgIpc) is 2.13. The topological polar surface area (TPSA) is 33.0 Å². The predicted molar refractivity (Wildman–Crippen MR) is 47.3 cm³/mol. The molecule has 1 aromatic carbocycles. The highest BCUT2D eigenvalue weighted by atomic mass is 19.3. The molecule has 0 aliphatic rings. The van der Waals surface area contributed by atoms with E-state index in [0.29, 0.717) is 16.7 Å². The zero-order valence-electron chi connectivity index (χ0n) is 7.84. The average molecular weight is 197 g/mol. The van der Waals surface area contributed by atoms with Crippen LogP contribution in [-0.2, 0) is 0 Å². The molecule has 0 aliphatic heterocycles. The number of rotatable bonds is 2. The molecular formula is C10H9F2NO. The highest BCUT2D eigenvalue weighted by Crippen LogP contribution is 2.25. The number of nitriles is 1. The van der Waals surface area contributed by atoms with Crippen LogP contribution >= 0.6 is 0 Å². The molecule has 0 aliphatic carbocycles. The summed E-state index contributed by atoms with van der Waals surface area (Å²) in [6.07, 6.45) is 0. The van der Waals surface area contributed by atoms with E-state index < -0.39 is 6.61 Å². The van der Waals surface area contributed by atoms with Crippen LogP contribution in [0.25, 0.3) is 0 Å². The van der Waals surface area contributed by atoms with Gasteiger partial charge in [-0.15, -0.1) is 0 Å².